The van der Waals surface area contributed by atoms with Gasteiger partial charge in [0.15, 0.2) is 0 Å². The molecule has 9 heavy (non-hydrogen) atoms. The highest BCUT2D eigenvalue weighted by atomic mass is 29.6. The molecular weight excluding hydrogens is 168 g/mol. The Labute approximate surface area is 61.6 Å². The van der Waals surface area contributed by atoms with E-state index >= 15 is 0 Å². The Morgan fingerprint density at radius 2 is 2.33 bits per heavy atom. The summed E-state index contributed by atoms with van der Waals surface area (Å²) in [7, 11) is -0.282. The zero-order chi connectivity index (χ0) is 7.33. The van der Waals surface area contributed by atoms with Crippen LogP contribution >= 0.6 is 0 Å². The lowest BCUT2D eigenvalue weighted by Gasteiger charge is -2.19. The molecule has 3 nitrogen and oxygen atoms in total. The van der Waals surface area contributed by atoms with Crippen LogP contribution in [-0.2, 0) is 8.85 Å². The van der Waals surface area contributed by atoms with Gasteiger partial charge in [0.25, 0.3) is 0 Å². The molecule has 0 rings (SSSR count). The zero-order valence-corrected chi connectivity index (χ0v) is 10.6. The minimum Gasteiger partial charge on any atom is -0.393 e. The van der Waals surface area contributed by atoms with E-state index in [1.807, 2.05) is 6.92 Å². The second kappa shape index (κ2) is 4.36. The molecule has 0 spiro atoms. The molecule has 0 fully saturated rings. The summed E-state index contributed by atoms with van der Waals surface area (Å²) in [4.78, 5) is 9.42. The maximum atomic E-state index is 9.42. The molecular formula is C3H14O3Si3. The van der Waals surface area contributed by atoms with Crippen molar-refractivity contribution in [2.45, 2.75) is 6.92 Å². The van der Waals surface area contributed by atoms with E-state index in [0.717, 1.165) is 9.76 Å². The van der Waals surface area contributed by atoms with E-state index in [2.05, 4.69) is 0 Å². The number of hydrogen-bond donors (Lipinski definition) is 1. The molecule has 0 aromatic rings. The quantitative estimate of drug-likeness (QED) is 0.491. The van der Waals surface area contributed by atoms with Crippen LogP contribution < -0.4 is 0 Å². The fourth-order valence-corrected chi connectivity index (χ4v) is 8.12. The van der Waals surface area contributed by atoms with Crippen molar-refractivity contribution in [1.82, 2.24) is 0 Å². The van der Waals surface area contributed by atoms with E-state index in [4.69, 9.17) is 8.85 Å². The monoisotopic (exact) mass is 182 g/mol. The Morgan fingerprint density at radius 1 is 1.78 bits per heavy atom. The van der Waals surface area contributed by atoms with Crippen molar-refractivity contribution in [1.29, 1.82) is 0 Å². The first-order valence-corrected chi connectivity index (χ1v) is 12.8. The van der Waals surface area contributed by atoms with Gasteiger partial charge in [-0.2, -0.15) is 0 Å². The minimum absolute atomic E-state index is 0.391. The Bertz CT molecular complexity index is 74.7. The van der Waals surface area contributed by atoms with Gasteiger partial charge in [-0.3, -0.25) is 0 Å². The smallest absolute Gasteiger partial charge is 0.393 e. The third kappa shape index (κ3) is 3.28. The van der Waals surface area contributed by atoms with E-state index in [-0.39, 0.29) is 0 Å². The van der Waals surface area contributed by atoms with Crippen LogP contribution in [0.1, 0.15) is 6.92 Å². The van der Waals surface area contributed by atoms with Gasteiger partial charge in [-0.1, -0.05) is 0 Å². The van der Waals surface area contributed by atoms with E-state index < -0.39 is 16.9 Å². The predicted molar refractivity (Wildman–Crippen MR) is 45.1 cm³/mol. The molecule has 1 atom stereocenters. The Kier molecular flexibility index (Phi) is 4.62. The van der Waals surface area contributed by atoms with Crippen LogP contribution in [-0.4, -0.2) is 45.1 Å². The van der Waals surface area contributed by atoms with Gasteiger partial charge < -0.3 is 13.6 Å². The van der Waals surface area contributed by atoms with E-state index in [0.29, 0.717) is 6.61 Å². The van der Waals surface area contributed by atoms with Crippen LogP contribution in [0.5, 0.6) is 0 Å². The predicted octanol–water partition coefficient (Wildman–Crippen LogP) is -2.45. The third-order valence-corrected chi connectivity index (χ3v) is 15.6. The highest BCUT2D eigenvalue weighted by Crippen LogP contribution is 1.96. The molecule has 0 aliphatic heterocycles. The van der Waals surface area contributed by atoms with Crippen molar-refractivity contribution < 1.29 is 13.6 Å². The van der Waals surface area contributed by atoms with Gasteiger partial charge in [0.05, 0.1) is 0 Å². The van der Waals surface area contributed by atoms with Crippen molar-refractivity contribution >= 4 is 26.6 Å². The maximum Gasteiger partial charge on any atom is 0.455 e. The first-order valence-electron chi connectivity index (χ1n) is 3.10. The highest BCUT2D eigenvalue weighted by Gasteiger charge is 2.31. The van der Waals surface area contributed by atoms with Crippen LogP contribution in [0.2, 0.25) is 0 Å². The Morgan fingerprint density at radius 3 is 2.44 bits per heavy atom. The molecule has 0 aliphatic carbocycles. The Balaban J connectivity index is 3.62. The van der Waals surface area contributed by atoms with E-state index in [1.54, 1.807) is 0 Å². The molecule has 0 amide bonds. The van der Waals surface area contributed by atoms with E-state index in [1.165, 1.54) is 7.11 Å². The van der Waals surface area contributed by atoms with Crippen LogP contribution in [0.3, 0.4) is 0 Å². The van der Waals surface area contributed by atoms with Gasteiger partial charge in [0.1, 0.15) is 8.55 Å². The SMILES string of the molecule is CCO[Si](O)(OC)[SiH2][SiH3]. The number of hydrogen-bond acceptors (Lipinski definition) is 3. The standard InChI is InChI=1S/C3H14O3Si3/c1-3-6-9(4,5-2)8-7/h4H,3,8H2,1-2,7H3. The number of rotatable bonds is 4. The molecule has 1 unspecified atom stereocenters. The van der Waals surface area contributed by atoms with Gasteiger partial charge in [-0.05, 0) is 16.7 Å². The third-order valence-electron chi connectivity index (χ3n) is 1.14. The summed E-state index contributed by atoms with van der Waals surface area (Å²) in [5.74, 6) is 0. The summed E-state index contributed by atoms with van der Waals surface area (Å²) in [5, 5.41) is 0. The summed E-state index contributed by atoms with van der Waals surface area (Å²) in [6, 6.07) is 0. The Hall–Kier alpha value is 0.531. The summed E-state index contributed by atoms with van der Waals surface area (Å²) in [5.41, 5.74) is 0. The molecule has 0 saturated heterocycles. The van der Waals surface area contributed by atoms with Gasteiger partial charge in [0.2, 0.25) is 0 Å². The average molecular weight is 182 g/mol. The molecule has 6 heteroatoms. The highest BCUT2D eigenvalue weighted by molar-refractivity contribution is 7.32. The fraction of sp³-hybridized carbons (Fsp3) is 1.00. The topological polar surface area (TPSA) is 38.7 Å². The summed E-state index contributed by atoms with van der Waals surface area (Å²) in [6.45, 7) is 2.45. The summed E-state index contributed by atoms with van der Waals surface area (Å²) < 4.78 is 9.99. The van der Waals surface area contributed by atoms with Crippen molar-refractivity contribution in [3.05, 3.63) is 0 Å². The minimum atomic E-state index is -2.50. The van der Waals surface area contributed by atoms with Gasteiger partial charge in [-0.25, -0.2) is 0 Å². The first kappa shape index (κ1) is 9.53. The van der Waals surface area contributed by atoms with Crippen LogP contribution in [0.15, 0.2) is 0 Å². The average Bonchev–Trinajstić information content (AvgIpc) is 1.89. The van der Waals surface area contributed by atoms with Gasteiger partial charge in [0, 0.05) is 13.7 Å². The molecule has 0 radical (unpaired) electrons. The van der Waals surface area contributed by atoms with E-state index in [9.17, 15) is 4.80 Å². The molecule has 1 N–H and O–H groups in total. The molecule has 0 aromatic carbocycles. The molecule has 0 heterocycles. The molecule has 0 saturated carbocycles. The molecule has 0 aliphatic rings. The maximum absolute atomic E-state index is 9.42. The first-order chi connectivity index (χ1) is 4.18. The van der Waals surface area contributed by atoms with Crippen LogP contribution in [0.4, 0.5) is 0 Å². The zero-order valence-electron chi connectivity index (χ0n) is 6.18. The second-order valence-corrected chi connectivity index (χ2v) is 15.7. The lowest BCUT2D eigenvalue weighted by atomic mass is 10.9. The van der Waals surface area contributed by atoms with Crippen LogP contribution in [0, 0.1) is 0 Å². The van der Waals surface area contributed by atoms with Gasteiger partial charge in [-0.15, -0.1) is 0 Å². The normalized spacial score (nSPS) is 19.0. The van der Waals surface area contributed by atoms with Crippen molar-refractivity contribution in [3.8, 4) is 0 Å². The lowest BCUT2D eigenvalue weighted by molar-refractivity contribution is 0.153. The van der Waals surface area contributed by atoms with Crippen molar-refractivity contribution in [2.24, 2.45) is 0 Å². The van der Waals surface area contributed by atoms with Gasteiger partial charge >= 0.3 is 8.32 Å². The molecule has 0 bridgehead atoms. The lowest BCUT2D eigenvalue weighted by Crippen LogP contribution is -2.48. The summed E-state index contributed by atoms with van der Waals surface area (Å²) >= 11 is 0. The van der Waals surface area contributed by atoms with Crippen molar-refractivity contribution in [3.63, 3.8) is 0 Å². The van der Waals surface area contributed by atoms with Crippen LogP contribution in [0.25, 0.3) is 0 Å². The molecule has 0 aromatic heterocycles. The fourth-order valence-electron chi connectivity index (χ4n) is 0.531. The van der Waals surface area contributed by atoms with Crippen molar-refractivity contribution in [2.75, 3.05) is 13.7 Å². The molecule has 56 valence electrons. The largest absolute Gasteiger partial charge is 0.455 e. The second-order valence-electron chi connectivity index (χ2n) is 1.70. The summed E-state index contributed by atoms with van der Waals surface area (Å²) in [6.07, 6.45) is 0.